The fourth-order valence-corrected chi connectivity index (χ4v) is 5.05. The average molecular weight is 513 g/mol. The van der Waals surface area contributed by atoms with Crippen molar-refractivity contribution >= 4 is 63.1 Å². The summed E-state index contributed by atoms with van der Waals surface area (Å²) in [6, 6.07) is 16.1. The molecule has 3 heterocycles. The summed E-state index contributed by atoms with van der Waals surface area (Å²) in [5.41, 5.74) is 2.60. The number of hydrogen-bond donors (Lipinski definition) is 2. The first-order chi connectivity index (χ1) is 16.0. The van der Waals surface area contributed by atoms with Gasteiger partial charge in [-0.05, 0) is 48.3 Å². The van der Waals surface area contributed by atoms with Gasteiger partial charge in [-0.3, -0.25) is 14.3 Å². The molecule has 0 radical (unpaired) electrons. The van der Waals surface area contributed by atoms with Crippen molar-refractivity contribution < 1.29 is 0 Å². The number of anilines is 2. The van der Waals surface area contributed by atoms with Gasteiger partial charge in [-0.2, -0.15) is 0 Å². The fraction of sp³-hybridized carbons (Fsp3) is 0. The molecule has 164 valence electrons. The molecule has 7 nitrogen and oxygen atoms in total. The highest BCUT2D eigenvalue weighted by Gasteiger charge is 2.20. The number of benzene rings is 2. The van der Waals surface area contributed by atoms with Crippen molar-refractivity contribution in [1.82, 2.24) is 19.4 Å². The molecule has 0 amide bonds. The van der Waals surface area contributed by atoms with Crippen molar-refractivity contribution in [2.24, 2.45) is 5.14 Å². The summed E-state index contributed by atoms with van der Waals surface area (Å²) in [7, 11) is 0. The zero-order chi connectivity index (χ0) is 22.9. The first-order valence-electron chi connectivity index (χ1n) is 9.57. The van der Waals surface area contributed by atoms with E-state index in [1.807, 2.05) is 30.3 Å². The molecule has 0 saturated heterocycles. The fourth-order valence-electron chi connectivity index (χ4n) is 3.31. The smallest absolute Gasteiger partial charge is 0.258 e. The molecule has 3 N–H and O–H groups in total. The Kier molecular flexibility index (Phi) is 6.05. The zero-order valence-electron chi connectivity index (χ0n) is 16.7. The van der Waals surface area contributed by atoms with E-state index in [2.05, 4.69) is 15.3 Å². The monoisotopic (exact) mass is 512 g/mol. The standard InChI is InChI=1S/C22H14Cl2N6OS2/c23-15-5-4-12(10-16(15)24)19-20(32-22-27-9-7-18(31)30(19)22)17-6-8-26-21(29-17)28-13-2-1-3-14(11-13)33-25/h1-11H,25H2,(H,26,28,29). The van der Waals surface area contributed by atoms with Crippen LogP contribution in [-0.4, -0.2) is 19.4 Å². The van der Waals surface area contributed by atoms with E-state index in [0.717, 1.165) is 33.0 Å². The normalized spacial score (nSPS) is 11.1. The highest BCUT2D eigenvalue weighted by Crippen LogP contribution is 2.39. The highest BCUT2D eigenvalue weighted by molar-refractivity contribution is 7.97. The number of nitrogens with two attached hydrogens (primary N) is 1. The number of aromatic nitrogens is 4. The van der Waals surface area contributed by atoms with Gasteiger partial charge in [-0.25, -0.2) is 15.0 Å². The van der Waals surface area contributed by atoms with Crippen LogP contribution in [0.2, 0.25) is 10.0 Å². The number of fused-ring (bicyclic) bond motifs is 1. The highest BCUT2D eigenvalue weighted by atomic mass is 35.5. The largest absolute Gasteiger partial charge is 0.324 e. The van der Waals surface area contributed by atoms with E-state index >= 15 is 0 Å². The first kappa shape index (κ1) is 21.9. The van der Waals surface area contributed by atoms with Gasteiger partial charge in [0.2, 0.25) is 5.95 Å². The Morgan fingerprint density at radius 3 is 2.67 bits per heavy atom. The molecule has 0 fully saturated rings. The molecule has 0 aliphatic heterocycles. The number of halogens is 2. The Bertz CT molecular complexity index is 1550. The van der Waals surface area contributed by atoms with Crippen LogP contribution in [0, 0.1) is 0 Å². The molecule has 2 aromatic carbocycles. The Balaban J connectivity index is 1.66. The molecule has 33 heavy (non-hydrogen) atoms. The van der Waals surface area contributed by atoms with Crippen molar-refractivity contribution in [1.29, 1.82) is 0 Å². The first-order valence-corrected chi connectivity index (χ1v) is 12.0. The van der Waals surface area contributed by atoms with E-state index in [1.165, 1.54) is 23.6 Å². The van der Waals surface area contributed by atoms with Gasteiger partial charge in [-0.15, -0.1) is 0 Å². The molecular weight excluding hydrogens is 499 g/mol. The lowest BCUT2D eigenvalue weighted by Gasteiger charge is -2.09. The van der Waals surface area contributed by atoms with Gasteiger partial charge in [0.15, 0.2) is 4.96 Å². The summed E-state index contributed by atoms with van der Waals surface area (Å²) >= 11 is 14.9. The van der Waals surface area contributed by atoms with Crippen LogP contribution in [0.25, 0.3) is 26.8 Å². The van der Waals surface area contributed by atoms with E-state index < -0.39 is 0 Å². The van der Waals surface area contributed by atoms with Gasteiger partial charge in [0.05, 0.1) is 26.3 Å². The summed E-state index contributed by atoms with van der Waals surface area (Å²) in [5, 5.41) is 9.68. The third kappa shape index (κ3) is 4.33. The number of thiazole rings is 1. The van der Waals surface area contributed by atoms with Crippen LogP contribution in [0.4, 0.5) is 11.6 Å². The summed E-state index contributed by atoms with van der Waals surface area (Å²) < 4.78 is 1.55. The van der Waals surface area contributed by atoms with Gasteiger partial charge in [0.25, 0.3) is 5.56 Å². The minimum Gasteiger partial charge on any atom is -0.324 e. The minimum absolute atomic E-state index is 0.202. The Morgan fingerprint density at radius 1 is 1.00 bits per heavy atom. The molecule has 0 spiro atoms. The van der Waals surface area contributed by atoms with Crippen LogP contribution in [0.1, 0.15) is 0 Å². The summed E-state index contributed by atoms with van der Waals surface area (Å²) in [4.78, 5) is 28.4. The maximum atomic E-state index is 12.8. The van der Waals surface area contributed by atoms with Crippen LogP contribution in [-0.2, 0) is 0 Å². The van der Waals surface area contributed by atoms with Crippen molar-refractivity contribution in [3.8, 4) is 21.8 Å². The molecule has 3 aromatic heterocycles. The SMILES string of the molecule is NSc1cccc(Nc2nccc(-c3sc4nccc(=O)n4c3-c3ccc(Cl)c(Cl)c3)n2)c1. The Morgan fingerprint density at radius 2 is 1.85 bits per heavy atom. The predicted octanol–water partition coefficient (Wildman–Crippen LogP) is 5.90. The van der Waals surface area contributed by atoms with Gasteiger partial charge in [-0.1, -0.05) is 46.7 Å². The molecule has 5 aromatic rings. The predicted molar refractivity (Wildman–Crippen MR) is 136 cm³/mol. The Hall–Kier alpha value is -2.95. The number of nitrogens with one attached hydrogen (secondary N) is 1. The van der Waals surface area contributed by atoms with Gasteiger partial charge >= 0.3 is 0 Å². The van der Waals surface area contributed by atoms with Gasteiger partial charge in [0, 0.05) is 34.6 Å². The lowest BCUT2D eigenvalue weighted by atomic mass is 10.1. The van der Waals surface area contributed by atoms with E-state index in [0.29, 0.717) is 32.3 Å². The lowest BCUT2D eigenvalue weighted by molar-refractivity contribution is 1.08. The molecule has 0 bridgehead atoms. The quantitative estimate of drug-likeness (QED) is 0.283. The third-order valence-electron chi connectivity index (χ3n) is 4.75. The number of nitrogens with zero attached hydrogens (tertiary/aromatic N) is 4. The number of hydrogen-bond acceptors (Lipinski definition) is 8. The maximum absolute atomic E-state index is 12.8. The minimum atomic E-state index is -0.202. The lowest BCUT2D eigenvalue weighted by Crippen LogP contribution is -2.12. The van der Waals surface area contributed by atoms with Crippen molar-refractivity contribution in [2.45, 2.75) is 4.90 Å². The average Bonchev–Trinajstić information content (AvgIpc) is 3.22. The van der Waals surface area contributed by atoms with Crippen molar-refractivity contribution in [2.75, 3.05) is 5.32 Å². The van der Waals surface area contributed by atoms with E-state index in [4.69, 9.17) is 33.3 Å². The second-order valence-electron chi connectivity index (χ2n) is 6.85. The second-order valence-corrected chi connectivity index (χ2v) is 9.34. The summed E-state index contributed by atoms with van der Waals surface area (Å²) in [5.74, 6) is 0.407. The Labute approximate surface area is 206 Å². The molecular formula is C22H14Cl2N6OS2. The summed E-state index contributed by atoms with van der Waals surface area (Å²) in [6.45, 7) is 0. The molecule has 0 unspecified atom stereocenters. The van der Waals surface area contributed by atoms with E-state index in [-0.39, 0.29) is 5.56 Å². The second kappa shape index (κ2) is 9.12. The zero-order valence-corrected chi connectivity index (χ0v) is 19.8. The summed E-state index contributed by atoms with van der Waals surface area (Å²) in [6.07, 6.45) is 3.15. The van der Waals surface area contributed by atoms with Gasteiger partial charge in [0.1, 0.15) is 0 Å². The van der Waals surface area contributed by atoms with Crippen LogP contribution < -0.4 is 16.0 Å². The number of rotatable bonds is 5. The molecule has 0 atom stereocenters. The molecule has 0 aliphatic carbocycles. The molecule has 5 rings (SSSR count). The molecule has 0 saturated carbocycles. The third-order valence-corrected chi connectivity index (χ3v) is 7.10. The van der Waals surface area contributed by atoms with Crippen LogP contribution in [0.15, 0.2) is 76.7 Å². The van der Waals surface area contributed by atoms with Crippen molar-refractivity contribution in [3.63, 3.8) is 0 Å². The molecule has 0 aliphatic rings. The molecule has 11 heteroatoms. The van der Waals surface area contributed by atoms with E-state index in [1.54, 1.807) is 28.8 Å². The van der Waals surface area contributed by atoms with Crippen molar-refractivity contribution in [3.05, 3.63) is 87.4 Å². The maximum Gasteiger partial charge on any atom is 0.258 e. The van der Waals surface area contributed by atoms with E-state index in [9.17, 15) is 4.79 Å². The van der Waals surface area contributed by atoms with Crippen LogP contribution in [0.5, 0.6) is 0 Å². The topological polar surface area (TPSA) is 98.2 Å². The van der Waals surface area contributed by atoms with Crippen LogP contribution in [0.3, 0.4) is 0 Å². The van der Waals surface area contributed by atoms with Crippen LogP contribution >= 0.6 is 46.5 Å². The van der Waals surface area contributed by atoms with Gasteiger partial charge < -0.3 is 5.32 Å².